The number of benzene rings is 1. The highest BCUT2D eigenvalue weighted by Gasteiger charge is 2.04. The van der Waals surface area contributed by atoms with Crippen LogP contribution in [-0.2, 0) is 6.54 Å². The molecule has 14 heavy (non-hydrogen) atoms. The SMILES string of the molecule is CC(CCl)NCc1ccc(Cl)cc1F. The summed E-state index contributed by atoms with van der Waals surface area (Å²) >= 11 is 11.2. The van der Waals surface area contributed by atoms with Crippen molar-refractivity contribution in [2.75, 3.05) is 5.88 Å². The maximum Gasteiger partial charge on any atom is 0.129 e. The molecule has 0 heterocycles. The van der Waals surface area contributed by atoms with Crippen LogP contribution in [0.4, 0.5) is 4.39 Å². The molecule has 78 valence electrons. The maximum absolute atomic E-state index is 13.2. The van der Waals surface area contributed by atoms with Crippen molar-refractivity contribution < 1.29 is 4.39 Å². The summed E-state index contributed by atoms with van der Waals surface area (Å²) in [6, 6.07) is 4.83. The highest BCUT2D eigenvalue weighted by molar-refractivity contribution is 6.30. The first-order valence-corrected chi connectivity index (χ1v) is 5.28. The molecule has 0 aromatic heterocycles. The van der Waals surface area contributed by atoms with Crippen molar-refractivity contribution in [3.63, 3.8) is 0 Å². The van der Waals surface area contributed by atoms with Gasteiger partial charge in [0, 0.05) is 29.1 Å². The molecule has 0 spiro atoms. The van der Waals surface area contributed by atoms with Crippen LogP contribution in [0.2, 0.25) is 5.02 Å². The van der Waals surface area contributed by atoms with Gasteiger partial charge in [-0.2, -0.15) is 0 Å². The van der Waals surface area contributed by atoms with Crippen LogP contribution < -0.4 is 5.32 Å². The van der Waals surface area contributed by atoms with E-state index in [1.54, 1.807) is 12.1 Å². The van der Waals surface area contributed by atoms with Gasteiger partial charge in [0.05, 0.1) is 0 Å². The zero-order chi connectivity index (χ0) is 10.6. The zero-order valence-electron chi connectivity index (χ0n) is 7.86. The summed E-state index contributed by atoms with van der Waals surface area (Å²) in [5.41, 5.74) is 0.603. The summed E-state index contributed by atoms with van der Waals surface area (Å²) < 4.78 is 13.2. The molecule has 0 amide bonds. The normalized spacial score (nSPS) is 12.9. The highest BCUT2D eigenvalue weighted by atomic mass is 35.5. The molecule has 0 radical (unpaired) electrons. The number of hydrogen-bond acceptors (Lipinski definition) is 1. The summed E-state index contributed by atoms with van der Waals surface area (Å²) in [5, 5.41) is 3.51. The Balaban J connectivity index is 2.59. The number of nitrogens with one attached hydrogen (secondary N) is 1. The lowest BCUT2D eigenvalue weighted by Crippen LogP contribution is -2.27. The van der Waals surface area contributed by atoms with Crippen LogP contribution in [0.5, 0.6) is 0 Å². The van der Waals surface area contributed by atoms with E-state index in [1.165, 1.54) is 6.07 Å². The van der Waals surface area contributed by atoms with Crippen molar-refractivity contribution in [3.8, 4) is 0 Å². The summed E-state index contributed by atoms with van der Waals surface area (Å²) in [4.78, 5) is 0. The standard InChI is InChI=1S/C10H12Cl2FN/c1-7(5-11)14-6-8-2-3-9(12)4-10(8)13/h2-4,7,14H,5-6H2,1H3. The second-order valence-electron chi connectivity index (χ2n) is 3.17. The number of halogens is 3. The van der Waals surface area contributed by atoms with Crippen LogP contribution in [-0.4, -0.2) is 11.9 Å². The molecule has 0 aliphatic carbocycles. The van der Waals surface area contributed by atoms with Crippen LogP contribution in [0.15, 0.2) is 18.2 Å². The minimum atomic E-state index is -0.285. The first kappa shape index (κ1) is 11.8. The van der Waals surface area contributed by atoms with E-state index < -0.39 is 0 Å². The number of hydrogen-bond donors (Lipinski definition) is 1. The lowest BCUT2D eigenvalue weighted by molar-refractivity contribution is 0.556. The molecule has 1 aromatic rings. The molecule has 1 nitrogen and oxygen atoms in total. The molecule has 1 atom stereocenters. The van der Waals surface area contributed by atoms with Gasteiger partial charge < -0.3 is 5.32 Å². The zero-order valence-corrected chi connectivity index (χ0v) is 9.37. The van der Waals surface area contributed by atoms with Crippen molar-refractivity contribution in [1.29, 1.82) is 0 Å². The molecule has 1 aromatic carbocycles. The van der Waals surface area contributed by atoms with Gasteiger partial charge in [-0.15, -0.1) is 11.6 Å². The number of rotatable bonds is 4. The molecular weight excluding hydrogens is 224 g/mol. The summed E-state index contributed by atoms with van der Waals surface area (Å²) in [7, 11) is 0. The van der Waals surface area contributed by atoms with E-state index in [0.717, 1.165) is 0 Å². The Kier molecular flexibility index (Phi) is 4.66. The van der Waals surface area contributed by atoms with Crippen LogP contribution in [0.1, 0.15) is 12.5 Å². The molecular formula is C10H12Cl2FN. The van der Waals surface area contributed by atoms with Crippen molar-refractivity contribution in [2.24, 2.45) is 0 Å². The van der Waals surface area contributed by atoms with Crippen molar-refractivity contribution in [1.82, 2.24) is 5.32 Å². The monoisotopic (exact) mass is 235 g/mol. The molecule has 0 saturated carbocycles. The lowest BCUT2D eigenvalue weighted by Gasteiger charge is -2.10. The lowest BCUT2D eigenvalue weighted by atomic mass is 10.2. The molecule has 0 bridgehead atoms. The van der Waals surface area contributed by atoms with Crippen LogP contribution in [0.3, 0.4) is 0 Å². The molecule has 4 heteroatoms. The van der Waals surface area contributed by atoms with Crippen LogP contribution in [0, 0.1) is 5.82 Å². The third-order valence-corrected chi connectivity index (χ3v) is 2.59. The first-order chi connectivity index (χ1) is 6.63. The fourth-order valence-corrected chi connectivity index (χ4v) is 1.27. The topological polar surface area (TPSA) is 12.0 Å². The summed E-state index contributed by atoms with van der Waals surface area (Å²) in [5.74, 6) is 0.224. The Hall–Kier alpha value is -0.310. The van der Waals surface area contributed by atoms with Crippen LogP contribution >= 0.6 is 23.2 Å². The van der Waals surface area contributed by atoms with Gasteiger partial charge in [0.2, 0.25) is 0 Å². The Morgan fingerprint density at radius 2 is 2.21 bits per heavy atom. The maximum atomic E-state index is 13.2. The molecule has 0 aliphatic heterocycles. The number of alkyl halides is 1. The predicted octanol–water partition coefficient (Wildman–Crippen LogP) is 3.20. The summed E-state index contributed by atoms with van der Waals surface area (Å²) in [6.45, 7) is 2.41. The van der Waals surface area contributed by atoms with Gasteiger partial charge >= 0.3 is 0 Å². The fourth-order valence-electron chi connectivity index (χ4n) is 1.00. The molecule has 0 saturated heterocycles. The highest BCUT2D eigenvalue weighted by Crippen LogP contribution is 2.14. The van der Waals surface area contributed by atoms with E-state index in [9.17, 15) is 4.39 Å². The quantitative estimate of drug-likeness (QED) is 0.791. The smallest absolute Gasteiger partial charge is 0.129 e. The Labute approximate surface area is 93.2 Å². The molecule has 1 unspecified atom stereocenters. The minimum absolute atomic E-state index is 0.173. The van der Waals surface area contributed by atoms with Crippen LogP contribution in [0.25, 0.3) is 0 Å². The van der Waals surface area contributed by atoms with E-state index in [0.29, 0.717) is 23.0 Å². The Morgan fingerprint density at radius 1 is 1.50 bits per heavy atom. The van der Waals surface area contributed by atoms with Gasteiger partial charge in [0.1, 0.15) is 5.82 Å². The molecule has 1 N–H and O–H groups in total. The van der Waals surface area contributed by atoms with Crippen molar-refractivity contribution in [3.05, 3.63) is 34.6 Å². The Bertz CT molecular complexity index is 304. The average molecular weight is 236 g/mol. The second kappa shape index (κ2) is 5.54. The predicted molar refractivity (Wildman–Crippen MR) is 58.4 cm³/mol. The van der Waals surface area contributed by atoms with Crippen molar-refractivity contribution >= 4 is 23.2 Å². The first-order valence-electron chi connectivity index (χ1n) is 4.36. The van der Waals surface area contributed by atoms with Gasteiger partial charge in [-0.3, -0.25) is 0 Å². The van der Waals surface area contributed by atoms with E-state index in [1.807, 2.05) is 6.92 Å². The minimum Gasteiger partial charge on any atom is -0.309 e. The van der Waals surface area contributed by atoms with Gasteiger partial charge in [0.15, 0.2) is 0 Å². The third-order valence-electron chi connectivity index (χ3n) is 1.89. The van der Waals surface area contributed by atoms with E-state index >= 15 is 0 Å². The Morgan fingerprint density at radius 3 is 2.79 bits per heavy atom. The fraction of sp³-hybridized carbons (Fsp3) is 0.400. The van der Waals surface area contributed by atoms with Gasteiger partial charge in [-0.05, 0) is 19.1 Å². The molecule has 0 aliphatic rings. The van der Waals surface area contributed by atoms with Gasteiger partial charge in [-0.1, -0.05) is 17.7 Å². The second-order valence-corrected chi connectivity index (χ2v) is 3.92. The summed E-state index contributed by atoms with van der Waals surface area (Å²) in [6.07, 6.45) is 0. The van der Waals surface area contributed by atoms with Crippen molar-refractivity contribution in [2.45, 2.75) is 19.5 Å². The molecule has 1 rings (SSSR count). The molecule has 0 fully saturated rings. The van der Waals surface area contributed by atoms with E-state index in [2.05, 4.69) is 5.32 Å². The van der Waals surface area contributed by atoms with E-state index in [-0.39, 0.29) is 11.9 Å². The average Bonchev–Trinajstić information content (AvgIpc) is 2.16. The third kappa shape index (κ3) is 3.45. The van der Waals surface area contributed by atoms with Gasteiger partial charge in [0.25, 0.3) is 0 Å². The van der Waals surface area contributed by atoms with Gasteiger partial charge in [-0.25, -0.2) is 4.39 Å². The largest absolute Gasteiger partial charge is 0.309 e. The van der Waals surface area contributed by atoms with E-state index in [4.69, 9.17) is 23.2 Å².